The van der Waals surface area contributed by atoms with Crippen LogP contribution in [-0.2, 0) is 13.1 Å². The van der Waals surface area contributed by atoms with Crippen molar-refractivity contribution in [1.82, 2.24) is 9.88 Å². The minimum atomic E-state index is -0.347. The van der Waals surface area contributed by atoms with Crippen LogP contribution in [0.3, 0.4) is 0 Å². The Bertz CT molecular complexity index is 950. The van der Waals surface area contributed by atoms with Crippen molar-refractivity contribution >= 4 is 17.3 Å². The van der Waals surface area contributed by atoms with Gasteiger partial charge in [-0.25, -0.2) is 4.98 Å². The summed E-state index contributed by atoms with van der Waals surface area (Å²) in [5.74, 6) is 1.37. The lowest BCUT2D eigenvalue weighted by Gasteiger charge is -2.28. The fourth-order valence-corrected chi connectivity index (χ4v) is 3.23. The van der Waals surface area contributed by atoms with Crippen LogP contribution < -0.4 is 0 Å². The van der Waals surface area contributed by atoms with Gasteiger partial charge in [-0.05, 0) is 38.5 Å². The molecule has 28 heavy (non-hydrogen) atoms. The van der Waals surface area contributed by atoms with Crippen molar-refractivity contribution in [1.29, 1.82) is 0 Å². The Labute approximate surface area is 168 Å². The molecule has 0 bridgehead atoms. The third-order valence-corrected chi connectivity index (χ3v) is 5.13. The minimum Gasteiger partial charge on any atom is -0.444 e. The van der Waals surface area contributed by atoms with Crippen LogP contribution >= 0.6 is 11.6 Å². The van der Waals surface area contributed by atoms with E-state index in [0.29, 0.717) is 29.6 Å². The number of nitro benzene ring substituents is 1. The van der Waals surface area contributed by atoms with Gasteiger partial charge in [-0.3, -0.25) is 15.0 Å². The molecule has 0 saturated heterocycles. The SMILES string of the molecule is Cc1nc(CN(Cc2ccccc2[N+](=O)[O-])[C@@H](C)c2ccc(Cl)cc2)oc1C. The second kappa shape index (κ2) is 8.54. The first-order valence-corrected chi connectivity index (χ1v) is 9.37. The molecule has 0 radical (unpaired) electrons. The Morgan fingerprint density at radius 3 is 2.43 bits per heavy atom. The molecule has 1 heterocycles. The molecule has 146 valence electrons. The van der Waals surface area contributed by atoms with E-state index in [1.807, 2.05) is 44.2 Å². The third-order valence-electron chi connectivity index (χ3n) is 4.87. The van der Waals surface area contributed by atoms with E-state index in [1.165, 1.54) is 6.07 Å². The van der Waals surface area contributed by atoms with Gasteiger partial charge in [0.1, 0.15) is 5.76 Å². The van der Waals surface area contributed by atoms with Crippen molar-refractivity contribution in [3.05, 3.63) is 92.1 Å². The lowest BCUT2D eigenvalue weighted by Crippen LogP contribution is -2.27. The van der Waals surface area contributed by atoms with Crippen LogP contribution in [-0.4, -0.2) is 14.8 Å². The zero-order valence-electron chi connectivity index (χ0n) is 16.1. The van der Waals surface area contributed by atoms with Crippen LogP contribution in [0.25, 0.3) is 0 Å². The van der Waals surface area contributed by atoms with E-state index in [1.54, 1.807) is 12.1 Å². The first-order valence-electron chi connectivity index (χ1n) is 9.00. The Morgan fingerprint density at radius 2 is 1.82 bits per heavy atom. The van der Waals surface area contributed by atoms with Gasteiger partial charge in [0.05, 0.1) is 17.2 Å². The van der Waals surface area contributed by atoms with E-state index in [2.05, 4.69) is 16.8 Å². The summed E-state index contributed by atoms with van der Waals surface area (Å²) in [6, 6.07) is 14.4. The molecule has 1 atom stereocenters. The van der Waals surface area contributed by atoms with Gasteiger partial charge in [0.15, 0.2) is 0 Å². The molecule has 0 aliphatic carbocycles. The Morgan fingerprint density at radius 1 is 1.14 bits per heavy atom. The summed E-state index contributed by atoms with van der Waals surface area (Å²) in [6.45, 7) is 6.66. The Kier molecular flexibility index (Phi) is 6.11. The highest BCUT2D eigenvalue weighted by Gasteiger charge is 2.23. The maximum absolute atomic E-state index is 11.4. The molecule has 3 rings (SSSR count). The Hall–Kier alpha value is -2.70. The van der Waals surface area contributed by atoms with Crippen LogP contribution in [0, 0.1) is 24.0 Å². The van der Waals surface area contributed by atoms with E-state index in [9.17, 15) is 10.1 Å². The lowest BCUT2D eigenvalue weighted by atomic mass is 10.1. The summed E-state index contributed by atoms with van der Waals surface area (Å²) in [5, 5.41) is 12.1. The molecule has 2 aromatic carbocycles. The molecular weight excluding hydrogens is 378 g/mol. The number of oxazole rings is 1. The molecule has 0 aliphatic rings. The molecule has 0 fully saturated rings. The van der Waals surface area contributed by atoms with Crippen LogP contribution in [0.15, 0.2) is 52.9 Å². The predicted molar refractivity (Wildman–Crippen MR) is 108 cm³/mol. The minimum absolute atomic E-state index is 0.0235. The molecule has 0 saturated carbocycles. The van der Waals surface area contributed by atoms with Crippen molar-refractivity contribution in [2.75, 3.05) is 0 Å². The standard InChI is InChI=1S/C21H22ClN3O3/c1-14-16(3)28-21(23-14)13-24(15(2)17-8-10-19(22)11-9-17)12-18-6-4-5-7-20(18)25(26)27/h4-11,15H,12-13H2,1-3H3/t15-/m0/s1. The van der Waals surface area contributed by atoms with E-state index in [-0.39, 0.29) is 16.7 Å². The average molecular weight is 400 g/mol. The summed E-state index contributed by atoms with van der Waals surface area (Å²) in [7, 11) is 0. The summed E-state index contributed by atoms with van der Waals surface area (Å²) < 4.78 is 5.76. The second-order valence-corrected chi connectivity index (χ2v) is 7.20. The topological polar surface area (TPSA) is 72.4 Å². The van der Waals surface area contributed by atoms with Gasteiger partial charge in [-0.2, -0.15) is 0 Å². The van der Waals surface area contributed by atoms with Gasteiger partial charge < -0.3 is 4.42 Å². The molecule has 0 aliphatic heterocycles. The molecule has 1 aromatic heterocycles. The summed E-state index contributed by atoms with van der Waals surface area (Å²) in [6.07, 6.45) is 0. The summed E-state index contributed by atoms with van der Waals surface area (Å²) in [4.78, 5) is 17.7. The normalized spacial score (nSPS) is 12.3. The van der Waals surface area contributed by atoms with Gasteiger partial charge in [0.2, 0.25) is 5.89 Å². The first-order chi connectivity index (χ1) is 13.3. The predicted octanol–water partition coefficient (Wildman–Crippen LogP) is 5.62. The van der Waals surface area contributed by atoms with Crippen molar-refractivity contribution in [2.24, 2.45) is 0 Å². The van der Waals surface area contributed by atoms with Crippen molar-refractivity contribution in [2.45, 2.75) is 39.9 Å². The van der Waals surface area contributed by atoms with Crippen LogP contribution in [0.4, 0.5) is 5.69 Å². The number of nitro groups is 1. The van der Waals surface area contributed by atoms with Gasteiger partial charge in [0, 0.05) is 29.2 Å². The van der Waals surface area contributed by atoms with Crippen LogP contribution in [0.2, 0.25) is 5.02 Å². The zero-order chi connectivity index (χ0) is 20.3. The molecular formula is C21H22ClN3O3. The van der Waals surface area contributed by atoms with Crippen molar-refractivity contribution < 1.29 is 9.34 Å². The Balaban J connectivity index is 1.94. The average Bonchev–Trinajstić information content (AvgIpc) is 2.98. The maximum Gasteiger partial charge on any atom is 0.273 e. The summed E-state index contributed by atoms with van der Waals surface area (Å²) in [5.41, 5.74) is 2.66. The van der Waals surface area contributed by atoms with Gasteiger partial charge >= 0.3 is 0 Å². The number of aryl methyl sites for hydroxylation is 2. The van der Waals surface area contributed by atoms with E-state index >= 15 is 0 Å². The highest BCUT2D eigenvalue weighted by atomic mass is 35.5. The van der Waals surface area contributed by atoms with Gasteiger partial charge in [-0.1, -0.05) is 41.9 Å². The highest BCUT2D eigenvalue weighted by Crippen LogP contribution is 2.28. The number of hydrogen-bond donors (Lipinski definition) is 0. The lowest BCUT2D eigenvalue weighted by molar-refractivity contribution is -0.385. The third kappa shape index (κ3) is 4.58. The smallest absolute Gasteiger partial charge is 0.273 e. The monoisotopic (exact) mass is 399 g/mol. The fourth-order valence-electron chi connectivity index (χ4n) is 3.10. The second-order valence-electron chi connectivity index (χ2n) is 6.77. The number of aromatic nitrogens is 1. The largest absolute Gasteiger partial charge is 0.444 e. The maximum atomic E-state index is 11.4. The van der Waals surface area contributed by atoms with E-state index < -0.39 is 0 Å². The van der Waals surface area contributed by atoms with Gasteiger partial charge in [0.25, 0.3) is 5.69 Å². The number of halogens is 1. The molecule has 0 amide bonds. The molecule has 0 N–H and O–H groups in total. The molecule has 6 nitrogen and oxygen atoms in total. The number of benzene rings is 2. The van der Waals surface area contributed by atoms with Crippen molar-refractivity contribution in [3.8, 4) is 0 Å². The molecule has 7 heteroatoms. The molecule has 0 unspecified atom stereocenters. The highest BCUT2D eigenvalue weighted by molar-refractivity contribution is 6.30. The van der Waals surface area contributed by atoms with Gasteiger partial charge in [-0.15, -0.1) is 0 Å². The number of hydrogen-bond acceptors (Lipinski definition) is 5. The van der Waals surface area contributed by atoms with Crippen molar-refractivity contribution in [3.63, 3.8) is 0 Å². The van der Waals surface area contributed by atoms with E-state index in [4.69, 9.17) is 16.0 Å². The molecule has 3 aromatic rings. The van der Waals surface area contributed by atoms with E-state index in [0.717, 1.165) is 17.0 Å². The zero-order valence-corrected chi connectivity index (χ0v) is 16.8. The quantitative estimate of drug-likeness (QED) is 0.381. The summed E-state index contributed by atoms with van der Waals surface area (Å²) >= 11 is 6.02. The van der Waals surface area contributed by atoms with Crippen LogP contribution in [0.1, 0.15) is 41.4 Å². The fraction of sp³-hybridized carbons (Fsp3) is 0.286. The van der Waals surface area contributed by atoms with Crippen LogP contribution in [0.5, 0.6) is 0 Å². The molecule has 0 spiro atoms. The number of rotatable bonds is 7. The first kappa shape index (κ1) is 20.0. The number of nitrogens with zero attached hydrogens (tertiary/aromatic N) is 3. The number of para-hydroxylation sites is 1.